The molecule has 0 fully saturated rings. The van der Waals surface area contributed by atoms with E-state index in [1.54, 1.807) is 0 Å². The maximum absolute atomic E-state index is 12.1. The van der Waals surface area contributed by atoms with Gasteiger partial charge in [-0.3, -0.25) is 0 Å². The van der Waals surface area contributed by atoms with Crippen molar-refractivity contribution in [1.29, 1.82) is 0 Å². The van der Waals surface area contributed by atoms with Crippen LogP contribution in [0.4, 0.5) is 0 Å². The number of carboxylic acid groups (broad SMARTS) is 1. The van der Waals surface area contributed by atoms with Crippen LogP contribution in [0.1, 0.15) is 33.6 Å². The number of esters is 2. The predicted octanol–water partition coefficient (Wildman–Crippen LogP) is 2.65. The van der Waals surface area contributed by atoms with Gasteiger partial charge in [-0.25, -0.2) is 14.4 Å². The fourth-order valence-corrected chi connectivity index (χ4v) is 1.41. The maximum Gasteiger partial charge on any atom is 0.334 e. The highest BCUT2D eigenvalue weighted by Gasteiger charge is 2.13. The van der Waals surface area contributed by atoms with E-state index >= 15 is 0 Å². The first-order valence-corrected chi connectivity index (χ1v) is 7.21. The fraction of sp³-hybridized carbons (Fsp3) is 0.471. The topological polar surface area (TPSA) is 89.9 Å². The van der Waals surface area contributed by atoms with Gasteiger partial charge < -0.3 is 14.6 Å². The smallest absolute Gasteiger partial charge is 0.334 e. The van der Waals surface area contributed by atoms with E-state index in [0.717, 1.165) is 0 Å². The molecule has 0 saturated carbocycles. The molecule has 0 rings (SSSR count). The van der Waals surface area contributed by atoms with Crippen molar-refractivity contribution in [2.24, 2.45) is 5.92 Å². The van der Waals surface area contributed by atoms with Crippen LogP contribution >= 0.6 is 0 Å². The number of carboxylic acids is 1. The number of hydrogen-bond acceptors (Lipinski definition) is 5. The highest BCUT2D eigenvalue weighted by atomic mass is 16.5. The Bertz CT molecular complexity index is 525. The Morgan fingerprint density at radius 1 is 1.13 bits per heavy atom. The second-order valence-corrected chi connectivity index (χ2v) is 5.42. The number of allylic oxidation sites excluding steroid dienone is 2. The summed E-state index contributed by atoms with van der Waals surface area (Å²) in [4.78, 5) is 34.2. The van der Waals surface area contributed by atoms with Crippen molar-refractivity contribution in [2.45, 2.75) is 33.6 Å². The Balaban J connectivity index is 5.09. The van der Waals surface area contributed by atoms with Crippen molar-refractivity contribution in [3.63, 3.8) is 0 Å². The van der Waals surface area contributed by atoms with E-state index < -0.39 is 17.9 Å². The summed E-state index contributed by atoms with van der Waals surface area (Å²) in [5, 5.41) is 8.85. The monoisotopic (exact) mass is 324 g/mol. The van der Waals surface area contributed by atoms with Crippen LogP contribution in [0.25, 0.3) is 0 Å². The predicted molar refractivity (Wildman–Crippen MR) is 85.7 cm³/mol. The third-order valence-corrected chi connectivity index (χ3v) is 2.84. The van der Waals surface area contributed by atoms with Gasteiger partial charge in [-0.1, -0.05) is 32.6 Å². The lowest BCUT2D eigenvalue weighted by Gasteiger charge is -2.09. The summed E-state index contributed by atoms with van der Waals surface area (Å²) >= 11 is 0. The number of carbonyl (C=O) groups excluding carboxylic acids is 2. The zero-order valence-corrected chi connectivity index (χ0v) is 14.0. The van der Waals surface area contributed by atoms with Crippen LogP contribution in [0.2, 0.25) is 0 Å². The van der Waals surface area contributed by atoms with Gasteiger partial charge in [-0.05, 0) is 25.7 Å². The van der Waals surface area contributed by atoms with Crippen molar-refractivity contribution in [3.8, 4) is 0 Å². The molecule has 0 aliphatic carbocycles. The summed E-state index contributed by atoms with van der Waals surface area (Å²) in [6.45, 7) is 9.08. The molecular formula is C17H24O6. The SMILES string of the molecule is C=C(CC=C(CC=C(C)C(=O)O)C(=O)OCC(C)C)C(=O)OC. The average Bonchev–Trinajstić information content (AvgIpc) is 2.50. The largest absolute Gasteiger partial charge is 0.478 e. The molecule has 0 aromatic carbocycles. The molecule has 0 unspecified atom stereocenters. The van der Waals surface area contributed by atoms with Crippen molar-refractivity contribution < 1.29 is 29.0 Å². The van der Waals surface area contributed by atoms with Crippen LogP contribution in [0, 0.1) is 5.92 Å². The molecule has 1 N–H and O–H groups in total. The first-order valence-electron chi connectivity index (χ1n) is 7.21. The van der Waals surface area contributed by atoms with Crippen LogP contribution in [-0.2, 0) is 23.9 Å². The summed E-state index contributed by atoms with van der Waals surface area (Å²) in [5.74, 6) is -1.97. The lowest BCUT2D eigenvalue weighted by molar-refractivity contribution is -0.140. The number of methoxy groups -OCH3 is 1. The molecule has 6 heteroatoms. The molecule has 0 aromatic rings. The van der Waals surface area contributed by atoms with Gasteiger partial charge in [0.2, 0.25) is 0 Å². The standard InChI is InChI=1S/C17H24O6/c1-11(2)10-23-17(21)14(8-6-12(3)15(18)19)9-7-13(4)16(20)22-5/h6,9,11H,4,7-8,10H2,1-3,5H3,(H,18,19). The molecular weight excluding hydrogens is 300 g/mol. The number of aliphatic carboxylic acids is 1. The van der Waals surface area contributed by atoms with Gasteiger partial charge in [0.1, 0.15) is 0 Å². The van der Waals surface area contributed by atoms with Crippen LogP contribution in [0.15, 0.2) is 35.5 Å². The Kier molecular flexibility index (Phi) is 9.30. The number of hydrogen-bond donors (Lipinski definition) is 1. The molecule has 0 radical (unpaired) electrons. The first kappa shape index (κ1) is 20.6. The van der Waals surface area contributed by atoms with E-state index in [1.807, 2.05) is 13.8 Å². The van der Waals surface area contributed by atoms with Crippen molar-refractivity contribution in [1.82, 2.24) is 0 Å². The number of ether oxygens (including phenoxy) is 2. The molecule has 23 heavy (non-hydrogen) atoms. The summed E-state index contributed by atoms with van der Waals surface area (Å²) in [5.41, 5.74) is 0.594. The molecule has 0 aliphatic rings. The quantitative estimate of drug-likeness (QED) is 0.518. The van der Waals surface area contributed by atoms with Crippen LogP contribution < -0.4 is 0 Å². The second-order valence-electron chi connectivity index (χ2n) is 5.42. The maximum atomic E-state index is 12.1. The second kappa shape index (κ2) is 10.4. The van der Waals surface area contributed by atoms with E-state index in [4.69, 9.17) is 9.84 Å². The summed E-state index contributed by atoms with van der Waals surface area (Å²) in [7, 11) is 1.24. The minimum absolute atomic E-state index is 0.101. The molecule has 0 heterocycles. The Hall–Kier alpha value is -2.37. The van der Waals surface area contributed by atoms with Gasteiger partial charge in [0.05, 0.1) is 13.7 Å². The number of carbonyl (C=O) groups is 3. The van der Waals surface area contributed by atoms with Crippen LogP contribution in [-0.4, -0.2) is 36.7 Å². The van der Waals surface area contributed by atoms with Gasteiger partial charge in [0.15, 0.2) is 0 Å². The molecule has 0 saturated heterocycles. The van der Waals surface area contributed by atoms with E-state index in [9.17, 15) is 14.4 Å². The number of rotatable bonds is 9. The zero-order valence-electron chi connectivity index (χ0n) is 14.0. The Morgan fingerprint density at radius 3 is 2.22 bits per heavy atom. The van der Waals surface area contributed by atoms with Gasteiger partial charge >= 0.3 is 17.9 Å². The summed E-state index contributed by atoms with van der Waals surface area (Å²) < 4.78 is 9.69. The zero-order chi connectivity index (χ0) is 18.0. The molecule has 0 aliphatic heterocycles. The van der Waals surface area contributed by atoms with E-state index in [1.165, 1.54) is 26.2 Å². The third-order valence-electron chi connectivity index (χ3n) is 2.84. The molecule has 0 atom stereocenters. The van der Waals surface area contributed by atoms with Crippen LogP contribution in [0.5, 0.6) is 0 Å². The van der Waals surface area contributed by atoms with Gasteiger partial charge in [0.25, 0.3) is 0 Å². The minimum atomic E-state index is -1.06. The molecule has 0 aromatic heterocycles. The molecule has 0 bridgehead atoms. The van der Waals surface area contributed by atoms with E-state index in [0.29, 0.717) is 0 Å². The van der Waals surface area contributed by atoms with Crippen molar-refractivity contribution in [3.05, 3.63) is 35.5 Å². The molecule has 0 spiro atoms. The molecule has 128 valence electrons. The Labute approximate surface area is 136 Å². The highest BCUT2D eigenvalue weighted by Crippen LogP contribution is 2.13. The lowest BCUT2D eigenvalue weighted by atomic mass is 10.1. The van der Waals surface area contributed by atoms with E-state index in [-0.39, 0.29) is 42.1 Å². The highest BCUT2D eigenvalue weighted by molar-refractivity contribution is 5.91. The minimum Gasteiger partial charge on any atom is -0.478 e. The average molecular weight is 324 g/mol. The summed E-state index contributed by atoms with van der Waals surface area (Å²) in [6.07, 6.45) is 3.15. The van der Waals surface area contributed by atoms with Gasteiger partial charge in [-0.2, -0.15) is 0 Å². The van der Waals surface area contributed by atoms with Gasteiger partial charge in [0, 0.05) is 16.7 Å². The summed E-state index contributed by atoms with van der Waals surface area (Å²) in [6, 6.07) is 0. The normalized spacial score (nSPS) is 12.0. The van der Waals surface area contributed by atoms with Crippen molar-refractivity contribution in [2.75, 3.05) is 13.7 Å². The first-order chi connectivity index (χ1) is 10.7. The third kappa shape index (κ3) is 8.60. The molecule has 6 nitrogen and oxygen atoms in total. The van der Waals surface area contributed by atoms with E-state index in [2.05, 4.69) is 11.3 Å². The van der Waals surface area contributed by atoms with Gasteiger partial charge in [-0.15, -0.1) is 0 Å². The fourth-order valence-electron chi connectivity index (χ4n) is 1.41. The molecule has 0 amide bonds. The lowest BCUT2D eigenvalue weighted by Crippen LogP contribution is -2.13. The Morgan fingerprint density at radius 2 is 1.74 bits per heavy atom. The van der Waals surface area contributed by atoms with Crippen LogP contribution in [0.3, 0.4) is 0 Å². The van der Waals surface area contributed by atoms with Crippen molar-refractivity contribution >= 4 is 17.9 Å².